The molecule has 8 heteroatoms. The molecule has 0 saturated heterocycles. The van der Waals surface area contributed by atoms with Gasteiger partial charge in [-0.1, -0.05) is 53.5 Å². The van der Waals surface area contributed by atoms with Crippen molar-refractivity contribution in [3.63, 3.8) is 0 Å². The SMILES string of the molecule is CC(C)N(CC(=O)N(CCc1c[nH]c2ccccc12)Cc1ccc(F)cc1)C(=O)c1cc(Cl)cc(Cl)c1. The molecule has 4 rings (SSSR count). The van der Waals surface area contributed by atoms with E-state index >= 15 is 0 Å². The summed E-state index contributed by atoms with van der Waals surface area (Å²) in [6.45, 7) is 4.32. The Balaban J connectivity index is 1.56. The van der Waals surface area contributed by atoms with E-state index in [-0.39, 0.29) is 30.2 Å². The van der Waals surface area contributed by atoms with Crippen LogP contribution in [-0.2, 0) is 17.8 Å². The second kappa shape index (κ2) is 11.8. The zero-order valence-electron chi connectivity index (χ0n) is 20.7. The Kier molecular flexibility index (Phi) is 8.52. The van der Waals surface area contributed by atoms with E-state index in [1.807, 2.05) is 44.3 Å². The quantitative estimate of drug-likeness (QED) is 0.256. The molecule has 3 aromatic carbocycles. The van der Waals surface area contributed by atoms with Crippen molar-refractivity contribution < 1.29 is 14.0 Å². The minimum Gasteiger partial charge on any atom is -0.361 e. The molecule has 5 nitrogen and oxygen atoms in total. The lowest BCUT2D eigenvalue weighted by Crippen LogP contribution is -2.46. The normalized spacial score (nSPS) is 11.2. The van der Waals surface area contributed by atoms with Crippen molar-refractivity contribution in [1.29, 1.82) is 0 Å². The molecule has 1 aromatic heterocycles. The van der Waals surface area contributed by atoms with E-state index in [9.17, 15) is 14.0 Å². The predicted octanol–water partition coefficient (Wildman–Crippen LogP) is 6.74. The van der Waals surface area contributed by atoms with Gasteiger partial charge in [0.1, 0.15) is 12.4 Å². The number of aromatic amines is 1. The van der Waals surface area contributed by atoms with Crippen molar-refractivity contribution >= 4 is 45.9 Å². The Morgan fingerprint density at radius 1 is 0.973 bits per heavy atom. The van der Waals surface area contributed by atoms with Crippen LogP contribution in [0.15, 0.2) is 72.9 Å². The van der Waals surface area contributed by atoms with Crippen molar-refractivity contribution in [3.8, 4) is 0 Å². The number of H-pyrrole nitrogens is 1. The zero-order chi connectivity index (χ0) is 26.5. The van der Waals surface area contributed by atoms with Crippen LogP contribution >= 0.6 is 23.2 Å². The summed E-state index contributed by atoms with van der Waals surface area (Å²) in [6, 6.07) is 18.5. The van der Waals surface area contributed by atoms with Crippen LogP contribution in [0.3, 0.4) is 0 Å². The highest BCUT2D eigenvalue weighted by Crippen LogP contribution is 2.22. The molecular formula is C29H28Cl2FN3O2. The van der Waals surface area contributed by atoms with Crippen molar-refractivity contribution in [2.75, 3.05) is 13.1 Å². The molecule has 0 aliphatic heterocycles. The third-order valence-corrected chi connectivity index (χ3v) is 6.70. The molecule has 37 heavy (non-hydrogen) atoms. The number of hydrogen-bond acceptors (Lipinski definition) is 2. The van der Waals surface area contributed by atoms with Crippen molar-refractivity contribution in [1.82, 2.24) is 14.8 Å². The van der Waals surface area contributed by atoms with Gasteiger partial charge < -0.3 is 14.8 Å². The van der Waals surface area contributed by atoms with Gasteiger partial charge >= 0.3 is 0 Å². The van der Waals surface area contributed by atoms with E-state index < -0.39 is 0 Å². The van der Waals surface area contributed by atoms with Gasteiger partial charge in [0.2, 0.25) is 5.91 Å². The summed E-state index contributed by atoms with van der Waals surface area (Å²) in [6.07, 6.45) is 2.58. The number of rotatable bonds is 9. The van der Waals surface area contributed by atoms with Gasteiger partial charge in [0.15, 0.2) is 0 Å². The predicted molar refractivity (Wildman–Crippen MR) is 146 cm³/mol. The molecule has 0 saturated carbocycles. The van der Waals surface area contributed by atoms with Crippen molar-refractivity contribution in [2.45, 2.75) is 32.9 Å². The first-order chi connectivity index (χ1) is 17.7. The number of carbonyl (C=O) groups is 2. The van der Waals surface area contributed by atoms with Crippen LogP contribution in [0, 0.1) is 5.82 Å². The number of amides is 2. The van der Waals surface area contributed by atoms with Crippen LogP contribution in [0.5, 0.6) is 0 Å². The molecule has 192 valence electrons. The molecule has 1 N–H and O–H groups in total. The minimum atomic E-state index is -0.336. The lowest BCUT2D eigenvalue weighted by atomic mass is 10.1. The topological polar surface area (TPSA) is 56.4 Å². The van der Waals surface area contributed by atoms with Gasteiger partial charge in [-0.05, 0) is 67.8 Å². The summed E-state index contributed by atoms with van der Waals surface area (Å²) in [5.41, 5.74) is 3.25. The number of nitrogens with one attached hydrogen (secondary N) is 1. The fourth-order valence-corrected chi connectivity index (χ4v) is 4.80. The summed E-state index contributed by atoms with van der Waals surface area (Å²) >= 11 is 12.2. The minimum absolute atomic E-state index is 0.115. The van der Waals surface area contributed by atoms with E-state index in [1.165, 1.54) is 17.0 Å². The Hall–Kier alpha value is -3.35. The Morgan fingerprint density at radius 2 is 1.65 bits per heavy atom. The molecule has 0 radical (unpaired) electrons. The molecule has 0 unspecified atom stereocenters. The van der Waals surface area contributed by atoms with E-state index in [0.29, 0.717) is 35.1 Å². The van der Waals surface area contributed by atoms with Gasteiger partial charge in [-0.15, -0.1) is 0 Å². The number of benzene rings is 3. The lowest BCUT2D eigenvalue weighted by Gasteiger charge is -2.30. The van der Waals surface area contributed by atoms with Gasteiger partial charge in [0.25, 0.3) is 5.91 Å². The van der Waals surface area contributed by atoms with E-state index in [1.54, 1.807) is 35.2 Å². The Morgan fingerprint density at radius 3 is 2.32 bits per heavy atom. The molecular weight excluding hydrogens is 512 g/mol. The summed E-state index contributed by atoms with van der Waals surface area (Å²) in [4.78, 5) is 33.4. The maximum atomic E-state index is 13.6. The standard InChI is InChI=1S/C29H28Cl2FN3O2/c1-19(2)35(29(37)22-13-23(30)15-24(31)14-22)18-28(36)34(17-20-7-9-25(32)10-8-20)12-11-21-16-33-27-6-4-3-5-26(21)27/h3-10,13-16,19,33H,11-12,17-18H2,1-2H3. The van der Waals surface area contributed by atoms with Gasteiger partial charge in [-0.25, -0.2) is 4.39 Å². The maximum absolute atomic E-state index is 13.6. The number of fused-ring (bicyclic) bond motifs is 1. The number of carbonyl (C=O) groups excluding carboxylic acids is 2. The summed E-state index contributed by atoms with van der Waals surface area (Å²) < 4.78 is 13.5. The van der Waals surface area contributed by atoms with Crippen LogP contribution in [0.4, 0.5) is 4.39 Å². The highest BCUT2D eigenvalue weighted by atomic mass is 35.5. The van der Waals surface area contributed by atoms with E-state index in [2.05, 4.69) is 4.98 Å². The average Bonchev–Trinajstić information content (AvgIpc) is 3.28. The highest BCUT2D eigenvalue weighted by Gasteiger charge is 2.25. The molecule has 2 amide bonds. The smallest absolute Gasteiger partial charge is 0.254 e. The average molecular weight is 540 g/mol. The number of aromatic nitrogens is 1. The molecule has 0 bridgehead atoms. The monoisotopic (exact) mass is 539 g/mol. The fourth-order valence-electron chi connectivity index (χ4n) is 4.27. The zero-order valence-corrected chi connectivity index (χ0v) is 22.2. The van der Waals surface area contributed by atoms with Gasteiger partial charge in [0.05, 0.1) is 0 Å². The highest BCUT2D eigenvalue weighted by molar-refractivity contribution is 6.35. The van der Waals surface area contributed by atoms with Gasteiger partial charge in [-0.2, -0.15) is 0 Å². The lowest BCUT2D eigenvalue weighted by molar-refractivity contribution is -0.132. The second-order valence-electron chi connectivity index (χ2n) is 9.24. The maximum Gasteiger partial charge on any atom is 0.254 e. The molecule has 4 aromatic rings. The number of para-hydroxylation sites is 1. The molecule has 0 aliphatic carbocycles. The molecule has 1 heterocycles. The molecule has 0 atom stereocenters. The van der Waals surface area contributed by atoms with Crippen LogP contribution in [0.25, 0.3) is 10.9 Å². The van der Waals surface area contributed by atoms with Crippen LogP contribution in [0.2, 0.25) is 10.0 Å². The van der Waals surface area contributed by atoms with Gasteiger partial charge in [0, 0.05) is 51.8 Å². The van der Waals surface area contributed by atoms with Crippen molar-refractivity contribution in [2.24, 2.45) is 0 Å². The van der Waals surface area contributed by atoms with E-state index in [0.717, 1.165) is 22.0 Å². The Bertz CT molecular complexity index is 1380. The molecule has 0 aliphatic rings. The van der Waals surface area contributed by atoms with Crippen molar-refractivity contribution in [3.05, 3.63) is 105 Å². The number of nitrogens with zero attached hydrogens (tertiary/aromatic N) is 2. The summed E-state index contributed by atoms with van der Waals surface area (Å²) in [5, 5.41) is 1.80. The Labute approximate surface area is 225 Å². The van der Waals surface area contributed by atoms with Gasteiger partial charge in [-0.3, -0.25) is 9.59 Å². The first kappa shape index (κ1) is 26.7. The first-order valence-corrected chi connectivity index (χ1v) is 12.8. The second-order valence-corrected chi connectivity index (χ2v) is 10.1. The summed E-state index contributed by atoms with van der Waals surface area (Å²) in [5.74, 6) is -0.873. The van der Waals surface area contributed by atoms with Crippen LogP contribution in [-0.4, -0.2) is 45.7 Å². The molecule has 0 spiro atoms. The van der Waals surface area contributed by atoms with E-state index in [4.69, 9.17) is 23.2 Å². The third kappa shape index (κ3) is 6.70. The number of hydrogen-bond donors (Lipinski definition) is 1. The van der Waals surface area contributed by atoms with Crippen LogP contribution < -0.4 is 0 Å². The van der Waals surface area contributed by atoms with Crippen LogP contribution in [0.1, 0.15) is 35.3 Å². The number of halogens is 3. The third-order valence-electron chi connectivity index (χ3n) is 6.26. The first-order valence-electron chi connectivity index (χ1n) is 12.1. The fraction of sp³-hybridized carbons (Fsp3) is 0.241. The molecule has 0 fully saturated rings. The largest absolute Gasteiger partial charge is 0.361 e. The summed E-state index contributed by atoms with van der Waals surface area (Å²) in [7, 11) is 0.